The van der Waals surface area contributed by atoms with Crippen LogP contribution in [0, 0.1) is 10.1 Å². The highest BCUT2D eigenvalue weighted by Crippen LogP contribution is 2.31. The summed E-state index contributed by atoms with van der Waals surface area (Å²) in [6.07, 6.45) is 1.46. The predicted molar refractivity (Wildman–Crippen MR) is 123 cm³/mol. The van der Waals surface area contributed by atoms with Crippen molar-refractivity contribution in [3.8, 4) is 11.5 Å². The van der Waals surface area contributed by atoms with Crippen molar-refractivity contribution in [1.82, 2.24) is 0 Å². The van der Waals surface area contributed by atoms with Gasteiger partial charge in [0.2, 0.25) is 5.90 Å². The monoisotopic (exact) mass is 478 g/mol. The third-order valence-electron chi connectivity index (χ3n) is 4.70. The highest BCUT2D eigenvalue weighted by molar-refractivity contribution is 6.30. The third kappa shape index (κ3) is 4.94. The summed E-state index contributed by atoms with van der Waals surface area (Å²) in [4.78, 5) is 39.3. The molecule has 1 heterocycles. The van der Waals surface area contributed by atoms with Crippen LogP contribution in [0.2, 0.25) is 5.02 Å². The van der Waals surface area contributed by atoms with Crippen LogP contribution in [-0.2, 0) is 9.53 Å². The van der Waals surface area contributed by atoms with E-state index in [0.29, 0.717) is 21.7 Å². The summed E-state index contributed by atoms with van der Waals surface area (Å²) in [7, 11) is 1.41. The molecule has 170 valence electrons. The van der Waals surface area contributed by atoms with E-state index in [9.17, 15) is 19.7 Å². The summed E-state index contributed by atoms with van der Waals surface area (Å²) >= 11 is 5.84. The number of cyclic esters (lactones) is 1. The lowest BCUT2D eigenvalue weighted by atomic mass is 10.1. The number of hydrogen-bond acceptors (Lipinski definition) is 8. The van der Waals surface area contributed by atoms with Crippen LogP contribution in [0.3, 0.4) is 0 Å². The van der Waals surface area contributed by atoms with Crippen LogP contribution in [0.4, 0.5) is 5.69 Å². The maximum atomic E-state index is 12.4. The minimum Gasteiger partial charge on any atom is -0.493 e. The SMILES string of the molecule is COc1cc(/C=C2\N=C(c3cccc([N+](=O)[O-])c3)OC2=O)ccc1OC(=O)c1ccc(Cl)cc1. The van der Waals surface area contributed by atoms with E-state index in [0.717, 1.165) is 0 Å². The van der Waals surface area contributed by atoms with E-state index in [1.165, 1.54) is 37.5 Å². The number of nitrogens with zero attached hydrogens (tertiary/aromatic N) is 2. The Balaban J connectivity index is 1.57. The maximum Gasteiger partial charge on any atom is 0.363 e. The molecular weight excluding hydrogens is 464 g/mol. The first-order valence-electron chi connectivity index (χ1n) is 9.77. The highest BCUT2D eigenvalue weighted by atomic mass is 35.5. The van der Waals surface area contributed by atoms with Gasteiger partial charge in [-0.05, 0) is 54.1 Å². The van der Waals surface area contributed by atoms with Gasteiger partial charge in [0.1, 0.15) is 0 Å². The fourth-order valence-corrected chi connectivity index (χ4v) is 3.17. The number of esters is 2. The van der Waals surface area contributed by atoms with Crippen molar-refractivity contribution in [2.45, 2.75) is 0 Å². The molecule has 3 aromatic carbocycles. The van der Waals surface area contributed by atoms with Gasteiger partial charge in [0, 0.05) is 22.7 Å². The Hall–Kier alpha value is -4.50. The van der Waals surface area contributed by atoms with E-state index in [1.54, 1.807) is 42.5 Å². The molecule has 10 heteroatoms. The summed E-state index contributed by atoms with van der Waals surface area (Å²) in [5.41, 5.74) is 0.984. The summed E-state index contributed by atoms with van der Waals surface area (Å²) in [5.74, 6) is -0.906. The Kier molecular flexibility index (Phi) is 6.37. The quantitative estimate of drug-likeness (QED) is 0.164. The van der Waals surface area contributed by atoms with Gasteiger partial charge in [-0.2, -0.15) is 0 Å². The largest absolute Gasteiger partial charge is 0.493 e. The molecule has 0 aliphatic carbocycles. The first kappa shape index (κ1) is 22.7. The van der Waals surface area contributed by atoms with Crippen LogP contribution in [0.15, 0.2) is 77.4 Å². The average molecular weight is 479 g/mol. The van der Waals surface area contributed by atoms with Crippen LogP contribution in [0.1, 0.15) is 21.5 Å². The molecular formula is C24H15ClN2O7. The minimum absolute atomic E-state index is 0.00512. The average Bonchev–Trinajstić information content (AvgIpc) is 3.20. The number of ether oxygens (including phenoxy) is 3. The van der Waals surface area contributed by atoms with Gasteiger partial charge >= 0.3 is 11.9 Å². The Morgan fingerprint density at radius 2 is 1.85 bits per heavy atom. The number of carbonyl (C=O) groups is 2. The van der Waals surface area contributed by atoms with Crippen molar-refractivity contribution < 1.29 is 28.7 Å². The number of aliphatic imine (C=N–C) groups is 1. The molecule has 9 nitrogen and oxygen atoms in total. The maximum absolute atomic E-state index is 12.4. The Morgan fingerprint density at radius 1 is 1.09 bits per heavy atom. The number of rotatable bonds is 6. The van der Waals surface area contributed by atoms with Gasteiger partial charge in [-0.15, -0.1) is 0 Å². The second kappa shape index (κ2) is 9.55. The Morgan fingerprint density at radius 3 is 2.56 bits per heavy atom. The molecule has 1 aliphatic rings. The lowest BCUT2D eigenvalue weighted by Gasteiger charge is -2.10. The number of benzene rings is 3. The van der Waals surface area contributed by atoms with Crippen molar-refractivity contribution in [1.29, 1.82) is 0 Å². The number of non-ortho nitro benzene ring substituents is 1. The van der Waals surface area contributed by atoms with Crippen LogP contribution in [-0.4, -0.2) is 29.9 Å². The summed E-state index contributed by atoms with van der Waals surface area (Å²) < 4.78 is 15.9. The highest BCUT2D eigenvalue weighted by Gasteiger charge is 2.25. The second-order valence-electron chi connectivity index (χ2n) is 6.95. The fourth-order valence-electron chi connectivity index (χ4n) is 3.05. The van der Waals surface area contributed by atoms with Crippen LogP contribution in [0.25, 0.3) is 6.08 Å². The number of hydrogen-bond donors (Lipinski definition) is 0. The molecule has 0 amide bonds. The number of methoxy groups -OCH3 is 1. The van der Waals surface area contributed by atoms with E-state index < -0.39 is 16.9 Å². The van der Waals surface area contributed by atoms with Gasteiger partial charge in [-0.1, -0.05) is 23.7 Å². The second-order valence-corrected chi connectivity index (χ2v) is 7.39. The molecule has 0 spiro atoms. The topological polar surface area (TPSA) is 117 Å². The van der Waals surface area contributed by atoms with E-state index in [2.05, 4.69) is 4.99 Å². The molecule has 0 saturated carbocycles. The standard InChI is InChI=1S/C24H15ClN2O7/c1-32-21-12-14(5-10-20(21)33-23(28)15-6-8-17(25)9-7-15)11-19-24(29)34-22(26-19)16-3-2-4-18(13-16)27(30)31/h2-13H,1H3/b19-11-. The number of nitro benzene ring substituents is 1. The van der Waals surface area contributed by atoms with Gasteiger partial charge in [0.25, 0.3) is 5.69 Å². The number of halogens is 1. The zero-order valence-corrected chi connectivity index (χ0v) is 18.3. The minimum atomic E-state index is -0.710. The lowest BCUT2D eigenvalue weighted by molar-refractivity contribution is -0.384. The first-order chi connectivity index (χ1) is 16.3. The van der Waals surface area contributed by atoms with Crippen LogP contribution >= 0.6 is 11.6 Å². The molecule has 0 atom stereocenters. The molecule has 0 unspecified atom stereocenters. The van der Waals surface area contributed by atoms with Gasteiger partial charge in [-0.25, -0.2) is 14.6 Å². The molecule has 34 heavy (non-hydrogen) atoms. The molecule has 3 aromatic rings. The Labute approximate surface area is 198 Å². The third-order valence-corrected chi connectivity index (χ3v) is 4.95. The summed E-state index contributed by atoms with van der Waals surface area (Å²) in [6.45, 7) is 0. The van der Waals surface area contributed by atoms with Crippen LogP contribution < -0.4 is 9.47 Å². The normalized spacial score (nSPS) is 13.9. The molecule has 0 N–H and O–H groups in total. The molecule has 4 rings (SSSR count). The van der Waals surface area contributed by atoms with Crippen LogP contribution in [0.5, 0.6) is 11.5 Å². The number of nitro groups is 1. The van der Waals surface area contributed by atoms with Crippen molar-refractivity contribution in [2.24, 2.45) is 4.99 Å². The summed E-state index contributed by atoms with van der Waals surface area (Å²) in [6, 6.07) is 16.5. The zero-order valence-electron chi connectivity index (χ0n) is 17.6. The van der Waals surface area contributed by atoms with Gasteiger partial charge in [-0.3, -0.25) is 10.1 Å². The molecule has 0 aromatic heterocycles. The smallest absolute Gasteiger partial charge is 0.363 e. The Bertz CT molecular complexity index is 1360. The molecule has 0 saturated heterocycles. The first-order valence-corrected chi connectivity index (χ1v) is 10.1. The summed E-state index contributed by atoms with van der Waals surface area (Å²) in [5, 5.41) is 11.5. The van der Waals surface area contributed by atoms with Crippen molar-refractivity contribution in [3.05, 3.63) is 104 Å². The number of carbonyl (C=O) groups excluding carboxylic acids is 2. The molecule has 1 aliphatic heterocycles. The fraction of sp³-hybridized carbons (Fsp3) is 0.0417. The van der Waals surface area contributed by atoms with Crippen molar-refractivity contribution >= 4 is 41.2 Å². The van der Waals surface area contributed by atoms with Gasteiger partial charge in [0.15, 0.2) is 17.2 Å². The molecule has 0 fully saturated rings. The predicted octanol–water partition coefficient (Wildman–Crippen LogP) is 4.82. The van der Waals surface area contributed by atoms with Crippen molar-refractivity contribution in [2.75, 3.05) is 7.11 Å². The molecule has 0 bridgehead atoms. The molecule has 0 radical (unpaired) electrons. The van der Waals surface area contributed by atoms with Gasteiger partial charge in [0.05, 0.1) is 17.6 Å². The van der Waals surface area contributed by atoms with E-state index in [4.69, 9.17) is 25.8 Å². The van der Waals surface area contributed by atoms with E-state index in [1.807, 2.05) is 0 Å². The zero-order chi connectivity index (χ0) is 24.2. The van der Waals surface area contributed by atoms with E-state index >= 15 is 0 Å². The van der Waals surface area contributed by atoms with E-state index in [-0.39, 0.29) is 28.8 Å². The van der Waals surface area contributed by atoms with Crippen molar-refractivity contribution in [3.63, 3.8) is 0 Å². The lowest BCUT2D eigenvalue weighted by Crippen LogP contribution is -2.09. The van der Waals surface area contributed by atoms with Gasteiger partial charge < -0.3 is 14.2 Å².